The summed E-state index contributed by atoms with van der Waals surface area (Å²) in [6.07, 6.45) is 0.972. The highest BCUT2D eigenvalue weighted by molar-refractivity contribution is 7.11. The summed E-state index contributed by atoms with van der Waals surface area (Å²) in [7, 11) is 0. The highest BCUT2D eigenvalue weighted by Crippen LogP contribution is 2.25. The van der Waals surface area contributed by atoms with Crippen LogP contribution < -0.4 is 0 Å². The number of rotatable bonds is 1. The first-order valence-electron chi connectivity index (χ1n) is 5.32. The van der Waals surface area contributed by atoms with Crippen molar-refractivity contribution in [1.29, 1.82) is 0 Å². The molecule has 0 saturated heterocycles. The first kappa shape index (κ1) is 10.6. The third-order valence-electron chi connectivity index (χ3n) is 2.64. The summed E-state index contributed by atoms with van der Waals surface area (Å²) in [5, 5.41) is 1.11. The SMILES string of the molecule is Cc1nc2c(s1)CCN(C(=O)C(C)C)C2. The van der Waals surface area contributed by atoms with Crippen LogP contribution in [0.4, 0.5) is 0 Å². The average molecular weight is 224 g/mol. The molecule has 0 unspecified atom stereocenters. The minimum atomic E-state index is 0.0892. The molecule has 1 aromatic rings. The number of aryl methyl sites for hydroxylation is 1. The summed E-state index contributed by atoms with van der Waals surface area (Å²) in [6.45, 7) is 7.48. The number of carbonyl (C=O) groups is 1. The molecule has 82 valence electrons. The van der Waals surface area contributed by atoms with E-state index in [1.165, 1.54) is 4.88 Å². The van der Waals surface area contributed by atoms with Crippen LogP contribution in [-0.4, -0.2) is 22.3 Å². The highest BCUT2D eigenvalue weighted by Gasteiger charge is 2.24. The van der Waals surface area contributed by atoms with E-state index in [0.717, 1.165) is 23.7 Å². The molecule has 0 radical (unpaired) electrons. The Morgan fingerprint density at radius 1 is 1.53 bits per heavy atom. The lowest BCUT2D eigenvalue weighted by Gasteiger charge is -2.27. The molecule has 0 fully saturated rings. The molecule has 1 aliphatic rings. The van der Waals surface area contributed by atoms with Gasteiger partial charge >= 0.3 is 0 Å². The van der Waals surface area contributed by atoms with Crippen LogP contribution in [0.15, 0.2) is 0 Å². The maximum absolute atomic E-state index is 11.8. The van der Waals surface area contributed by atoms with Crippen LogP contribution in [-0.2, 0) is 17.8 Å². The van der Waals surface area contributed by atoms with Gasteiger partial charge in [-0.1, -0.05) is 13.8 Å². The second-order valence-corrected chi connectivity index (χ2v) is 5.55. The molecule has 0 aliphatic carbocycles. The molecule has 15 heavy (non-hydrogen) atoms. The summed E-state index contributed by atoms with van der Waals surface area (Å²) < 4.78 is 0. The van der Waals surface area contributed by atoms with E-state index in [1.54, 1.807) is 11.3 Å². The molecule has 0 saturated carbocycles. The third-order valence-corrected chi connectivity index (χ3v) is 3.71. The zero-order chi connectivity index (χ0) is 11.0. The van der Waals surface area contributed by atoms with Crippen molar-refractivity contribution in [3.8, 4) is 0 Å². The summed E-state index contributed by atoms with van der Waals surface area (Å²) in [5.74, 6) is 0.331. The van der Waals surface area contributed by atoms with Crippen LogP contribution >= 0.6 is 11.3 Å². The van der Waals surface area contributed by atoms with Gasteiger partial charge in [-0.3, -0.25) is 4.79 Å². The van der Waals surface area contributed by atoms with Crippen molar-refractivity contribution in [1.82, 2.24) is 9.88 Å². The summed E-state index contributed by atoms with van der Waals surface area (Å²) >= 11 is 1.76. The number of hydrogen-bond donors (Lipinski definition) is 0. The van der Waals surface area contributed by atoms with Gasteiger partial charge in [0.05, 0.1) is 17.2 Å². The molecule has 4 heteroatoms. The van der Waals surface area contributed by atoms with Crippen molar-refractivity contribution in [2.24, 2.45) is 5.92 Å². The molecule has 3 nitrogen and oxygen atoms in total. The molecule has 0 bridgehead atoms. The number of thiazole rings is 1. The fourth-order valence-electron chi connectivity index (χ4n) is 1.88. The van der Waals surface area contributed by atoms with E-state index in [1.807, 2.05) is 25.7 Å². The first-order valence-corrected chi connectivity index (χ1v) is 6.13. The monoisotopic (exact) mass is 224 g/mol. The molecule has 0 aromatic carbocycles. The summed E-state index contributed by atoms with van der Waals surface area (Å²) in [5.41, 5.74) is 1.11. The Balaban J connectivity index is 2.15. The van der Waals surface area contributed by atoms with Crippen molar-refractivity contribution < 1.29 is 4.79 Å². The molecule has 0 atom stereocenters. The van der Waals surface area contributed by atoms with Gasteiger partial charge < -0.3 is 4.90 Å². The normalized spacial score (nSPS) is 15.6. The van der Waals surface area contributed by atoms with Gasteiger partial charge in [0.2, 0.25) is 5.91 Å². The Bertz CT molecular complexity index is 384. The number of nitrogens with zero attached hydrogens (tertiary/aromatic N) is 2. The average Bonchev–Trinajstić information content (AvgIpc) is 2.55. The van der Waals surface area contributed by atoms with Crippen LogP contribution in [0.25, 0.3) is 0 Å². The molecule has 1 aliphatic heterocycles. The number of carbonyl (C=O) groups excluding carboxylic acids is 1. The van der Waals surface area contributed by atoms with Crippen molar-refractivity contribution in [2.45, 2.75) is 33.7 Å². The standard InChI is InChI=1S/C11H16N2OS/c1-7(2)11(14)13-5-4-10-9(6-13)12-8(3)15-10/h7H,4-6H2,1-3H3. The number of hydrogen-bond acceptors (Lipinski definition) is 3. The van der Waals surface area contributed by atoms with Crippen LogP contribution in [0.1, 0.15) is 29.4 Å². The van der Waals surface area contributed by atoms with Crippen LogP contribution in [0, 0.1) is 12.8 Å². The molecule has 1 amide bonds. The van der Waals surface area contributed by atoms with Crippen molar-refractivity contribution in [2.75, 3.05) is 6.54 Å². The Morgan fingerprint density at radius 3 is 2.93 bits per heavy atom. The lowest BCUT2D eigenvalue weighted by molar-refractivity contribution is -0.135. The zero-order valence-electron chi connectivity index (χ0n) is 9.41. The van der Waals surface area contributed by atoms with E-state index in [2.05, 4.69) is 4.98 Å². The Kier molecular flexibility index (Phi) is 2.78. The van der Waals surface area contributed by atoms with E-state index < -0.39 is 0 Å². The van der Waals surface area contributed by atoms with Crippen molar-refractivity contribution in [3.05, 3.63) is 15.6 Å². The van der Waals surface area contributed by atoms with E-state index in [0.29, 0.717) is 6.54 Å². The fraction of sp³-hybridized carbons (Fsp3) is 0.636. The quantitative estimate of drug-likeness (QED) is 0.731. The number of fused-ring (bicyclic) bond motifs is 1. The lowest BCUT2D eigenvalue weighted by atomic mass is 10.1. The Labute approximate surface area is 94.1 Å². The van der Waals surface area contributed by atoms with Gasteiger partial charge in [-0.2, -0.15) is 0 Å². The van der Waals surface area contributed by atoms with E-state index in [-0.39, 0.29) is 11.8 Å². The molecule has 1 aromatic heterocycles. The van der Waals surface area contributed by atoms with Crippen LogP contribution in [0.2, 0.25) is 0 Å². The van der Waals surface area contributed by atoms with Gasteiger partial charge in [0.25, 0.3) is 0 Å². The topological polar surface area (TPSA) is 33.2 Å². The van der Waals surface area contributed by atoms with E-state index >= 15 is 0 Å². The molecule has 2 rings (SSSR count). The van der Waals surface area contributed by atoms with Gasteiger partial charge in [-0.05, 0) is 6.92 Å². The number of aromatic nitrogens is 1. The minimum Gasteiger partial charge on any atom is -0.336 e. The molecule has 0 spiro atoms. The fourth-order valence-corrected chi connectivity index (χ4v) is 2.81. The van der Waals surface area contributed by atoms with E-state index in [4.69, 9.17) is 0 Å². The van der Waals surface area contributed by atoms with Gasteiger partial charge in [-0.25, -0.2) is 4.98 Å². The predicted octanol–water partition coefficient (Wildman–Crippen LogP) is 1.99. The second-order valence-electron chi connectivity index (χ2n) is 4.27. The summed E-state index contributed by atoms with van der Waals surface area (Å²) in [4.78, 5) is 19.6. The molecular weight excluding hydrogens is 208 g/mol. The Hall–Kier alpha value is -0.900. The van der Waals surface area contributed by atoms with Crippen molar-refractivity contribution in [3.63, 3.8) is 0 Å². The van der Waals surface area contributed by atoms with Crippen LogP contribution in [0.5, 0.6) is 0 Å². The largest absolute Gasteiger partial charge is 0.336 e. The van der Waals surface area contributed by atoms with E-state index in [9.17, 15) is 4.79 Å². The maximum atomic E-state index is 11.8. The highest BCUT2D eigenvalue weighted by atomic mass is 32.1. The lowest BCUT2D eigenvalue weighted by Crippen LogP contribution is -2.38. The predicted molar refractivity (Wildman–Crippen MR) is 60.8 cm³/mol. The number of amides is 1. The minimum absolute atomic E-state index is 0.0892. The molecule has 2 heterocycles. The molecular formula is C11H16N2OS. The first-order chi connectivity index (χ1) is 7.08. The Morgan fingerprint density at radius 2 is 2.27 bits per heavy atom. The van der Waals surface area contributed by atoms with Gasteiger partial charge in [-0.15, -0.1) is 11.3 Å². The molecule has 0 N–H and O–H groups in total. The second kappa shape index (κ2) is 3.93. The zero-order valence-corrected chi connectivity index (χ0v) is 10.2. The van der Waals surface area contributed by atoms with Gasteiger partial charge in [0, 0.05) is 23.8 Å². The maximum Gasteiger partial charge on any atom is 0.225 e. The van der Waals surface area contributed by atoms with Crippen LogP contribution in [0.3, 0.4) is 0 Å². The van der Waals surface area contributed by atoms with Crippen molar-refractivity contribution >= 4 is 17.2 Å². The van der Waals surface area contributed by atoms with Gasteiger partial charge in [0.15, 0.2) is 0 Å². The summed E-state index contributed by atoms with van der Waals surface area (Å²) in [6, 6.07) is 0. The van der Waals surface area contributed by atoms with Gasteiger partial charge in [0.1, 0.15) is 0 Å². The smallest absolute Gasteiger partial charge is 0.225 e. The third kappa shape index (κ3) is 2.04.